The zero-order valence-corrected chi connectivity index (χ0v) is 14.9. The number of fused-ring (bicyclic) bond motifs is 2. The lowest BCUT2D eigenvalue weighted by atomic mass is 9.87. The van der Waals surface area contributed by atoms with Gasteiger partial charge in [-0.3, -0.25) is 14.7 Å². The number of ether oxygens (including phenoxy) is 1. The van der Waals surface area contributed by atoms with Gasteiger partial charge in [0.25, 0.3) is 11.8 Å². The Labute approximate surface area is 151 Å². The number of likely N-dealkylation sites (N-methyl/N-ethyl adjacent to an activating group) is 1. The lowest BCUT2D eigenvalue weighted by molar-refractivity contribution is -0.120. The van der Waals surface area contributed by atoms with Gasteiger partial charge in [0.2, 0.25) is 0 Å². The molecule has 2 N–H and O–H groups in total. The van der Waals surface area contributed by atoms with Gasteiger partial charge in [-0.25, -0.2) is 0 Å². The summed E-state index contributed by atoms with van der Waals surface area (Å²) < 4.78 is 5.74. The van der Waals surface area contributed by atoms with Crippen LogP contribution in [-0.2, 0) is 17.6 Å². The molecule has 7 nitrogen and oxygen atoms in total. The van der Waals surface area contributed by atoms with Crippen molar-refractivity contribution in [2.24, 2.45) is 5.92 Å². The van der Waals surface area contributed by atoms with Crippen molar-refractivity contribution in [2.45, 2.75) is 32.2 Å². The van der Waals surface area contributed by atoms with Gasteiger partial charge in [0.1, 0.15) is 18.4 Å². The SMILES string of the molecule is C[C@H]1CCc2[nH]nc(C(=O)N[C@H]3COc4ccccc4N(C)C3=O)c2C1. The molecule has 0 saturated carbocycles. The molecule has 2 atom stereocenters. The largest absolute Gasteiger partial charge is 0.489 e. The molecule has 0 radical (unpaired) electrons. The van der Waals surface area contributed by atoms with Gasteiger partial charge in [-0.1, -0.05) is 19.1 Å². The van der Waals surface area contributed by atoms with Crippen LogP contribution in [0.25, 0.3) is 0 Å². The molecule has 2 heterocycles. The minimum atomic E-state index is -0.756. The second kappa shape index (κ2) is 6.48. The number of rotatable bonds is 2. The lowest BCUT2D eigenvalue weighted by Crippen LogP contribution is -2.49. The quantitative estimate of drug-likeness (QED) is 0.859. The Morgan fingerprint density at radius 3 is 3.04 bits per heavy atom. The molecule has 136 valence electrons. The first kappa shape index (κ1) is 16.6. The van der Waals surface area contributed by atoms with Gasteiger partial charge >= 0.3 is 0 Å². The monoisotopic (exact) mass is 354 g/mol. The Kier molecular flexibility index (Phi) is 4.14. The van der Waals surface area contributed by atoms with Crippen LogP contribution in [0.15, 0.2) is 24.3 Å². The summed E-state index contributed by atoms with van der Waals surface area (Å²) in [5.74, 6) is 0.611. The van der Waals surface area contributed by atoms with Crippen LogP contribution in [-0.4, -0.2) is 41.7 Å². The summed E-state index contributed by atoms with van der Waals surface area (Å²) in [5.41, 5.74) is 3.09. The Bertz CT molecular complexity index is 860. The fourth-order valence-electron chi connectivity index (χ4n) is 3.64. The standard InChI is InChI=1S/C19H22N4O3/c1-11-7-8-13-12(9-11)17(22-21-13)18(24)20-14-10-26-16-6-4-3-5-15(16)23(2)19(14)25/h3-6,11,14H,7-10H2,1-2H3,(H,20,24)(H,21,22)/t11-,14-/m0/s1. The fourth-order valence-corrected chi connectivity index (χ4v) is 3.64. The summed E-state index contributed by atoms with van der Waals surface area (Å²) in [6.45, 7) is 2.27. The molecule has 1 aliphatic carbocycles. The number of nitrogens with one attached hydrogen (secondary N) is 2. The minimum Gasteiger partial charge on any atom is -0.489 e. The number of anilines is 1. The molecule has 1 aromatic heterocycles. The van der Waals surface area contributed by atoms with Crippen molar-refractivity contribution in [2.75, 3.05) is 18.6 Å². The Morgan fingerprint density at radius 2 is 2.19 bits per heavy atom. The molecule has 1 aliphatic heterocycles. The number of carbonyl (C=O) groups is 2. The van der Waals surface area contributed by atoms with E-state index in [2.05, 4.69) is 22.4 Å². The third kappa shape index (κ3) is 2.83. The number of benzene rings is 1. The number of aryl methyl sites for hydroxylation is 1. The van der Waals surface area contributed by atoms with Crippen LogP contribution in [0.5, 0.6) is 5.75 Å². The van der Waals surface area contributed by atoms with E-state index in [1.165, 1.54) is 4.90 Å². The Hall–Kier alpha value is -2.83. The van der Waals surface area contributed by atoms with E-state index in [-0.39, 0.29) is 18.4 Å². The van der Waals surface area contributed by atoms with Gasteiger partial charge < -0.3 is 15.0 Å². The number of hydrogen-bond acceptors (Lipinski definition) is 4. The zero-order chi connectivity index (χ0) is 18.3. The first-order valence-electron chi connectivity index (χ1n) is 8.91. The van der Waals surface area contributed by atoms with Crippen molar-refractivity contribution in [3.8, 4) is 5.75 Å². The van der Waals surface area contributed by atoms with Crippen LogP contribution >= 0.6 is 0 Å². The molecule has 1 aromatic carbocycles. The number of H-pyrrole nitrogens is 1. The lowest BCUT2D eigenvalue weighted by Gasteiger charge is -2.21. The number of hydrogen-bond donors (Lipinski definition) is 2. The van der Waals surface area contributed by atoms with Crippen molar-refractivity contribution in [3.63, 3.8) is 0 Å². The predicted molar refractivity (Wildman–Crippen MR) is 96.4 cm³/mol. The highest BCUT2D eigenvalue weighted by Gasteiger charge is 2.32. The summed E-state index contributed by atoms with van der Waals surface area (Å²) in [4.78, 5) is 27.1. The van der Waals surface area contributed by atoms with E-state index in [4.69, 9.17) is 4.74 Å². The summed E-state index contributed by atoms with van der Waals surface area (Å²) in [7, 11) is 1.69. The van der Waals surface area contributed by atoms with Gasteiger partial charge in [-0.05, 0) is 37.3 Å². The van der Waals surface area contributed by atoms with Crippen LogP contribution in [0.1, 0.15) is 35.1 Å². The van der Waals surface area contributed by atoms with Gasteiger partial charge in [0.15, 0.2) is 5.69 Å². The summed E-state index contributed by atoms with van der Waals surface area (Å²) in [6.07, 6.45) is 2.82. The van der Waals surface area contributed by atoms with Crippen LogP contribution < -0.4 is 15.0 Å². The molecule has 0 bridgehead atoms. The molecule has 26 heavy (non-hydrogen) atoms. The topological polar surface area (TPSA) is 87.3 Å². The number of para-hydroxylation sites is 2. The maximum atomic E-state index is 12.8. The Morgan fingerprint density at radius 1 is 1.38 bits per heavy atom. The number of amides is 2. The van der Waals surface area contributed by atoms with E-state index in [0.717, 1.165) is 30.5 Å². The molecular formula is C19H22N4O3. The minimum absolute atomic E-state index is 0.0922. The maximum absolute atomic E-state index is 12.8. The van der Waals surface area contributed by atoms with E-state index in [9.17, 15) is 9.59 Å². The highest BCUT2D eigenvalue weighted by Crippen LogP contribution is 2.30. The molecule has 7 heteroatoms. The predicted octanol–water partition coefficient (Wildman–Crippen LogP) is 1.69. The smallest absolute Gasteiger partial charge is 0.272 e. The highest BCUT2D eigenvalue weighted by atomic mass is 16.5. The van der Waals surface area contributed by atoms with E-state index in [1.54, 1.807) is 7.05 Å². The summed E-state index contributed by atoms with van der Waals surface area (Å²) >= 11 is 0. The number of aromatic nitrogens is 2. The second-order valence-electron chi connectivity index (χ2n) is 7.08. The van der Waals surface area contributed by atoms with Crippen LogP contribution in [0, 0.1) is 5.92 Å². The van der Waals surface area contributed by atoms with E-state index in [0.29, 0.717) is 23.0 Å². The number of carbonyl (C=O) groups excluding carboxylic acids is 2. The average Bonchev–Trinajstić information content (AvgIpc) is 3.02. The molecule has 0 spiro atoms. The first-order chi connectivity index (χ1) is 12.5. The van der Waals surface area contributed by atoms with Crippen LogP contribution in [0.3, 0.4) is 0 Å². The molecule has 4 rings (SSSR count). The third-order valence-electron chi connectivity index (χ3n) is 5.17. The van der Waals surface area contributed by atoms with Gasteiger partial charge in [-0.2, -0.15) is 5.10 Å². The van der Waals surface area contributed by atoms with E-state index < -0.39 is 6.04 Å². The van der Waals surface area contributed by atoms with Gasteiger partial charge in [-0.15, -0.1) is 0 Å². The zero-order valence-electron chi connectivity index (χ0n) is 14.9. The first-order valence-corrected chi connectivity index (χ1v) is 8.91. The van der Waals surface area contributed by atoms with Crippen molar-refractivity contribution in [1.29, 1.82) is 0 Å². The van der Waals surface area contributed by atoms with Gasteiger partial charge in [0.05, 0.1) is 5.69 Å². The van der Waals surface area contributed by atoms with Crippen molar-refractivity contribution < 1.29 is 14.3 Å². The van der Waals surface area contributed by atoms with Crippen LogP contribution in [0.2, 0.25) is 0 Å². The van der Waals surface area contributed by atoms with Crippen molar-refractivity contribution in [3.05, 3.63) is 41.2 Å². The van der Waals surface area contributed by atoms with Gasteiger partial charge in [0, 0.05) is 18.3 Å². The highest BCUT2D eigenvalue weighted by molar-refractivity contribution is 6.03. The molecule has 2 amide bonds. The normalized spacial score (nSPS) is 22.1. The molecule has 0 saturated heterocycles. The number of aromatic amines is 1. The third-order valence-corrected chi connectivity index (χ3v) is 5.17. The molecular weight excluding hydrogens is 332 g/mol. The van der Waals surface area contributed by atoms with E-state index in [1.807, 2.05) is 24.3 Å². The summed E-state index contributed by atoms with van der Waals surface area (Å²) in [6, 6.07) is 6.58. The Balaban J connectivity index is 1.54. The average molecular weight is 354 g/mol. The maximum Gasteiger partial charge on any atom is 0.272 e. The molecule has 0 fully saturated rings. The molecule has 0 unspecified atom stereocenters. The van der Waals surface area contributed by atoms with Crippen molar-refractivity contribution in [1.82, 2.24) is 15.5 Å². The number of nitrogens with zero attached hydrogens (tertiary/aromatic N) is 2. The molecule has 2 aromatic rings. The molecule has 2 aliphatic rings. The van der Waals surface area contributed by atoms with Crippen LogP contribution in [0.4, 0.5) is 5.69 Å². The fraction of sp³-hybridized carbons (Fsp3) is 0.421. The van der Waals surface area contributed by atoms with E-state index >= 15 is 0 Å². The van der Waals surface area contributed by atoms with Crippen molar-refractivity contribution >= 4 is 17.5 Å². The summed E-state index contributed by atoms with van der Waals surface area (Å²) in [5, 5.41) is 9.98. The second-order valence-corrected chi connectivity index (χ2v) is 7.08.